The number of carbonyl (C=O) groups is 3. The lowest BCUT2D eigenvalue weighted by Crippen LogP contribution is -2.38. The molecule has 0 fully saturated rings. The number of nitrogens with zero attached hydrogens (tertiary/aromatic N) is 2. The van der Waals surface area contributed by atoms with Crippen LogP contribution < -0.4 is 10.2 Å². The van der Waals surface area contributed by atoms with Crippen LogP contribution in [0.3, 0.4) is 0 Å². The van der Waals surface area contributed by atoms with Crippen molar-refractivity contribution in [2.24, 2.45) is 0 Å². The summed E-state index contributed by atoms with van der Waals surface area (Å²) in [6, 6.07) is 20.4. The van der Waals surface area contributed by atoms with Crippen molar-refractivity contribution >= 4 is 34.7 Å². The quantitative estimate of drug-likeness (QED) is 0.252. The van der Waals surface area contributed by atoms with E-state index in [1.165, 1.54) is 28.7 Å². The summed E-state index contributed by atoms with van der Waals surface area (Å²) in [5, 5.41) is 24.4. The normalized spacial score (nSPS) is 18.5. The molecule has 9 nitrogen and oxygen atoms in total. The Labute approximate surface area is 244 Å². The number of amides is 1. The number of fused-ring (bicyclic) bond motifs is 1. The van der Waals surface area contributed by atoms with E-state index in [9.17, 15) is 29.6 Å². The van der Waals surface area contributed by atoms with E-state index in [0.29, 0.717) is 34.6 Å². The standard InChI is InChI=1S/C33H33N3O6/c1-33(2,3)23-13-11-20(12-14-23)22-18-26-31(28(37)19-22)32(21-7-6-8-24(17-21)36(41)42)35(29(38)15-16-30(39)40)27-10-5-4-9-25(27)34-26/h4-14,17,22,32,34H,15-16,18-19H2,1-3H3,(H,39,40)/t22-,32-/m1/s1. The molecule has 0 aromatic heterocycles. The third-order valence-electron chi connectivity index (χ3n) is 7.95. The Morgan fingerprint density at radius 3 is 2.36 bits per heavy atom. The molecule has 1 aliphatic carbocycles. The summed E-state index contributed by atoms with van der Waals surface area (Å²) in [5.74, 6) is -1.89. The molecule has 0 spiro atoms. The molecule has 0 radical (unpaired) electrons. The molecule has 1 amide bonds. The summed E-state index contributed by atoms with van der Waals surface area (Å²) < 4.78 is 0. The molecule has 0 saturated carbocycles. The lowest BCUT2D eigenvalue weighted by Gasteiger charge is -2.35. The number of nitro benzene ring substituents is 1. The summed E-state index contributed by atoms with van der Waals surface area (Å²) in [4.78, 5) is 51.9. The zero-order valence-electron chi connectivity index (χ0n) is 23.8. The Morgan fingerprint density at radius 1 is 0.976 bits per heavy atom. The van der Waals surface area contributed by atoms with Crippen LogP contribution in [0.25, 0.3) is 0 Å². The minimum absolute atomic E-state index is 0.00862. The van der Waals surface area contributed by atoms with Crippen molar-refractivity contribution in [3.8, 4) is 0 Å². The first-order chi connectivity index (χ1) is 19.9. The van der Waals surface area contributed by atoms with Crippen LogP contribution >= 0.6 is 0 Å². The first kappa shape index (κ1) is 28.7. The molecule has 3 aromatic carbocycles. The Bertz CT molecular complexity index is 1600. The van der Waals surface area contributed by atoms with Crippen LogP contribution in [0.4, 0.5) is 17.1 Å². The topological polar surface area (TPSA) is 130 Å². The van der Waals surface area contributed by atoms with E-state index in [1.807, 2.05) is 6.07 Å². The van der Waals surface area contributed by atoms with Gasteiger partial charge in [-0.2, -0.15) is 0 Å². The SMILES string of the molecule is CC(C)(C)c1ccc([C@H]2CC(=O)C3=C(C2)Nc2ccccc2N(C(=O)CCC(=O)O)[C@@H]3c2cccc([N+](=O)[O-])c2)cc1. The van der Waals surface area contributed by atoms with Crippen molar-refractivity contribution in [2.45, 2.75) is 63.8 Å². The molecule has 2 atom stereocenters. The van der Waals surface area contributed by atoms with E-state index in [-0.39, 0.29) is 42.1 Å². The van der Waals surface area contributed by atoms with Crippen molar-refractivity contribution in [1.82, 2.24) is 0 Å². The fourth-order valence-electron chi connectivity index (χ4n) is 5.81. The molecular weight excluding hydrogens is 534 g/mol. The lowest BCUT2D eigenvalue weighted by molar-refractivity contribution is -0.384. The van der Waals surface area contributed by atoms with Crippen molar-refractivity contribution in [3.63, 3.8) is 0 Å². The number of hydrogen-bond acceptors (Lipinski definition) is 6. The monoisotopic (exact) mass is 567 g/mol. The van der Waals surface area contributed by atoms with Crippen molar-refractivity contribution < 1.29 is 24.4 Å². The number of ketones is 1. The first-order valence-corrected chi connectivity index (χ1v) is 13.9. The number of carboxylic acids is 1. The van der Waals surface area contributed by atoms with E-state index in [1.54, 1.807) is 24.3 Å². The van der Waals surface area contributed by atoms with Crippen molar-refractivity contribution in [1.29, 1.82) is 0 Å². The van der Waals surface area contributed by atoms with Gasteiger partial charge >= 0.3 is 5.97 Å². The number of benzene rings is 3. The second-order valence-corrected chi connectivity index (χ2v) is 11.8. The van der Waals surface area contributed by atoms with Crippen LogP contribution in [-0.4, -0.2) is 27.7 Å². The number of non-ortho nitro benzene ring substituents is 1. The van der Waals surface area contributed by atoms with Gasteiger partial charge in [-0.15, -0.1) is 0 Å². The van der Waals surface area contributed by atoms with Crippen LogP contribution in [0, 0.1) is 10.1 Å². The lowest BCUT2D eigenvalue weighted by atomic mass is 9.77. The van der Waals surface area contributed by atoms with Crippen LogP contribution in [0.5, 0.6) is 0 Å². The Hall–Kier alpha value is -4.79. The fraction of sp³-hybridized carbons (Fsp3) is 0.303. The maximum Gasteiger partial charge on any atom is 0.303 e. The number of carboxylic acid groups (broad SMARTS) is 1. The second-order valence-electron chi connectivity index (χ2n) is 11.8. The molecule has 3 aromatic rings. The summed E-state index contributed by atoms with van der Waals surface area (Å²) in [7, 11) is 0. The third kappa shape index (κ3) is 5.68. The fourth-order valence-corrected chi connectivity index (χ4v) is 5.81. The number of nitrogens with one attached hydrogen (secondary N) is 1. The van der Waals surface area contributed by atoms with Crippen LogP contribution in [0.1, 0.15) is 75.1 Å². The molecule has 2 aliphatic rings. The number of allylic oxidation sites excluding steroid dienone is 1. The molecule has 0 saturated heterocycles. The Balaban J connectivity index is 1.66. The smallest absolute Gasteiger partial charge is 0.303 e. The highest BCUT2D eigenvalue weighted by Crippen LogP contribution is 2.48. The van der Waals surface area contributed by atoms with Gasteiger partial charge in [-0.1, -0.05) is 69.3 Å². The second kappa shape index (κ2) is 11.2. The van der Waals surface area contributed by atoms with E-state index in [0.717, 1.165) is 5.56 Å². The van der Waals surface area contributed by atoms with Crippen molar-refractivity contribution in [2.75, 3.05) is 10.2 Å². The van der Waals surface area contributed by atoms with Gasteiger partial charge in [0.05, 0.1) is 28.8 Å². The van der Waals surface area contributed by atoms with Crippen molar-refractivity contribution in [3.05, 3.63) is 111 Å². The molecule has 5 rings (SSSR count). The van der Waals surface area contributed by atoms with E-state index in [4.69, 9.17) is 0 Å². The Morgan fingerprint density at radius 2 is 1.69 bits per heavy atom. The van der Waals surface area contributed by atoms with E-state index >= 15 is 0 Å². The minimum atomic E-state index is -1.12. The Kier molecular flexibility index (Phi) is 7.69. The predicted molar refractivity (Wildman–Crippen MR) is 159 cm³/mol. The average molecular weight is 568 g/mol. The molecule has 1 aliphatic heterocycles. The highest BCUT2D eigenvalue weighted by atomic mass is 16.6. The zero-order valence-corrected chi connectivity index (χ0v) is 23.8. The number of hydrogen-bond donors (Lipinski definition) is 2. The summed E-state index contributed by atoms with van der Waals surface area (Å²) in [6.45, 7) is 6.44. The molecule has 0 bridgehead atoms. The molecular formula is C33H33N3O6. The number of para-hydroxylation sites is 2. The summed E-state index contributed by atoms with van der Waals surface area (Å²) in [5.41, 5.74) is 4.52. The minimum Gasteiger partial charge on any atom is -0.481 e. The van der Waals surface area contributed by atoms with Crippen LogP contribution in [0.15, 0.2) is 84.1 Å². The average Bonchev–Trinajstić information content (AvgIpc) is 3.10. The molecule has 216 valence electrons. The third-order valence-corrected chi connectivity index (χ3v) is 7.95. The van der Waals surface area contributed by atoms with Gasteiger partial charge in [0.2, 0.25) is 5.91 Å². The highest BCUT2D eigenvalue weighted by molar-refractivity contribution is 6.06. The molecule has 42 heavy (non-hydrogen) atoms. The molecule has 9 heteroatoms. The van der Waals surface area contributed by atoms with Gasteiger partial charge in [-0.25, -0.2) is 0 Å². The van der Waals surface area contributed by atoms with Crippen LogP contribution in [0.2, 0.25) is 0 Å². The first-order valence-electron chi connectivity index (χ1n) is 13.9. The molecule has 2 N–H and O–H groups in total. The molecule has 1 heterocycles. The van der Waals surface area contributed by atoms with Gasteiger partial charge in [-0.3, -0.25) is 29.4 Å². The van der Waals surface area contributed by atoms with Gasteiger partial charge < -0.3 is 10.4 Å². The van der Waals surface area contributed by atoms with E-state index in [2.05, 4.69) is 50.4 Å². The summed E-state index contributed by atoms with van der Waals surface area (Å²) in [6.07, 6.45) is 0.00881. The number of aliphatic carboxylic acids is 1. The van der Waals surface area contributed by atoms with Gasteiger partial charge in [0.1, 0.15) is 0 Å². The maximum absolute atomic E-state index is 14.1. The van der Waals surface area contributed by atoms with Gasteiger partial charge in [0, 0.05) is 36.2 Å². The number of Topliss-reactive ketones (excluding diaryl/α,β-unsaturated/α-hetero) is 1. The summed E-state index contributed by atoms with van der Waals surface area (Å²) >= 11 is 0. The van der Waals surface area contributed by atoms with E-state index < -0.39 is 22.8 Å². The van der Waals surface area contributed by atoms with Gasteiger partial charge in [0.25, 0.3) is 5.69 Å². The number of anilines is 2. The number of nitro groups is 1. The maximum atomic E-state index is 14.1. The van der Waals surface area contributed by atoms with Crippen LogP contribution in [-0.2, 0) is 19.8 Å². The molecule has 0 unspecified atom stereocenters. The predicted octanol–water partition coefficient (Wildman–Crippen LogP) is 6.66. The largest absolute Gasteiger partial charge is 0.481 e. The number of carbonyl (C=O) groups excluding carboxylic acids is 2. The number of rotatable bonds is 6. The van der Waals surface area contributed by atoms with Gasteiger partial charge in [0.15, 0.2) is 5.78 Å². The zero-order chi connectivity index (χ0) is 30.2. The highest BCUT2D eigenvalue weighted by Gasteiger charge is 2.42. The van der Waals surface area contributed by atoms with Gasteiger partial charge in [-0.05, 0) is 46.6 Å².